The van der Waals surface area contributed by atoms with Gasteiger partial charge in [0, 0.05) is 27.5 Å². The van der Waals surface area contributed by atoms with E-state index in [1.165, 1.54) is 61.2 Å². The van der Waals surface area contributed by atoms with Crippen LogP contribution in [0.1, 0.15) is 49.9 Å². The molecule has 0 aliphatic heterocycles. The zero-order valence-corrected chi connectivity index (χ0v) is 34.2. The van der Waals surface area contributed by atoms with Crippen LogP contribution in [0.15, 0.2) is 188 Å². The molecule has 0 atom stereocenters. The van der Waals surface area contributed by atoms with Crippen molar-refractivity contribution in [3.8, 4) is 89.8 Å². The molecule has 0 unspecified atom stereocenters. The van der Waals surface area contributed by atoms with Gasteiger partial charge in [0.1, 0.15) is 0 Å². The van der Waals surface area contributed by atoms with Gasteiger partial charge < -0.3 is 0 Å². The van der Waals surface area contributed by atoms with Crippen LogP contribution in [0.25, 0.3) is 89.8 Å². The predicted molar refractivity (Wildman–Crippen MR) is 248 cm³/mol. The molecule has 0 saturated heterocycles. The predicted octanol–water partition coefficient (Wildman–Crippen LogP) is 14.5. The second-order valence-electron chi connectivity index (χ2n) is 17.3. The number of rotatable bonds is 6. The molecule has 0 radical (unpaired) electrons. The highest BCUT2D eigenvalue weighted by molar-refractivity contribution is 5.91. The Morgan fingerprint density at radius 3 is 1.23 bits per heavy atom. The quantitative estimate of drug-likeness (QED) is 0.169. The molecule has 3 heteroatoms. The van der Waals surface area contributed by atoms with E-state index in [9.17, 15) is 0 Å². The summed E-state index contributed by atoms with van der Waals surface area (Å²) in [7, 11) is 0. The second kappa shape index (κ2) is 13.7. The van der Waals surface area contributed by atoms with Gasteiger partial charge in [0.15, 0.2) is 17.5 Å². The molecule has 1 heterocycles. The monoisotopic (exact) mass is 769 g/mol. The first-order chi connectivity index (χ1) is 29.2. The van der Waals surface area contributed by atoms with Crippen LogP contribution in [0.3, 0.4) is 0 Å². The Bertz CT molecular complexity index is 3110. The Labute approximate surface area is 352 Å². The minimum absolute atomic E-state index is 0.0380. The third-order valence-corrected chi connectivity index (χ3v) is 13.0. The molecule has 0 saturated carbocycles. The summed E-state index contributed by atoms with van der Waals surface area (Å²) in [5.41, 5.74) is 20.8. The van der Waals surface area contributed by atoms with Crippen LogP contribution < -0.4 is 0 Å². The van der Waals surface area contributed by atoms with Crippen molar-refractivity contribution in [3.05, 3.63) is 210 Å². The zero-order valence-electron chi connectivity index (χ0n) is 34.2. The van der Waals surface area contributed by atoms with E-state index in [1.807, 2.05) is 36.4 Å². The molecule has 2 aliphatic rings. The number of fused-ring (bicyclic) bond motifs is 6. The molecular weight excluding hydrogens is 727 g/mol. The van der Waals surface area contributed by atoms with Crippen LogP contribution in [0, 0.1) is 0 Å². The van der Waals surface area contributed by atoms with Crippen LogP contribution in [0.5, 0.6) is 0 Å². The van der Waals surface area contributed by atoms with Gasteiger partial charge in [-0.15, -0.1) is 0 Å². The largest absolute Gasteiger partial charge is 0.208 e. The number of benzene rings is 8. The molecule has 0 spiro atoms. The highest BCUT2D eigenvalue weighted by Gasteiger charge is 2.41. The lowest BCUT2D eigenvalue weighted by Gasteiger charge is -2.24. The lowest BCUT2D eigenvalue weighted by Crippen LogP contribution is -2.16. The van der Waals surface area contributed by atoms with Crippen LogP contribution in [-0.4, -0.2) is 15.0 Å². The summed E-state index contributed by atoms with van der Waals surface area (Å²) in [5.74, 6) is 1.94. The number of hydrogen-bond donors (Lipinski definition) is 0. The van der Waals surface area contributed by atoms with Crippen molar-refractivity contribution in [1.82, 2.24) is 15.0 Å². The van der Waals surface area contributed by atoms with Crippen molar-refractivity contribution in [2.24, 2.45) is 0 Å². The van der Waals surface area contributed by atoms with Crippen molar-refractivity contribution in [2.75, 3.05) is 0 Å². The third kappa shape index (κ3) is 5.84. The highest BCUT2D eigenvalue weighted by atomic mass is 15.0. The third-order valence-electron chi connectivity index (χ3n) is 13.0. The fourth-order valence-corrected chi connectivity index (χ4v) is 9.61. The maximum absolute atomic E-state index is 5.06. The van der Waals surface area contributed by atoms with Gasteiger partial charge in [0.25, 0.3) is 0 Å². The van der Waals surface area contributed by atoms with Crippen molar-refractivity contribution in [1.29, 1.82) is 0 Å². The molecule has 9 aromatic rings. The molecule has 0 amide bonds. The molecule has 0 fully saturated rings. The van der Waals surface area contributed by atoms with E-state index in [-0.39, 0.29) is 10.8 Å². The first kappa shape index (κ1) is 35.9. The minimum Gasteiger partial charge on any atom is -0.208 e. The molecular formula is C57H43N3. The standard InChI is InChI=1S/C57H43N3/c1-56(2)49-21-12-11-20-45(49)47-34-52-48(35-51(47)56)46-33-43(30-31-50(46)57(52,3)4)39-24-22-38(23-25-39)42-18-13-19-44(32-42)55-59-53(40-16-9-6-10-17-40)58-54(60-55)41-28-26-37(27-29-41)36-14-7-5-8-15-36/h5-35H,1-4H3. The van der Waals surface area contributed by atoms with Crippen LogP contribution in [-0.2, 0) is 10.8 Å². The zero-order chi connectivity index (χ0) is 40.6. The normalized spacial score (nSPS) is 13.9. The van der Waals surface area contributed by atoms with Crippen LogP contribution >= 0.6 is 0 Å². The second-order valence-corrected chi connectivity index (χ2v) is 17.3. The first-order valence-electron chi connectivity index (χ1n) is 20.8. The summed E-state index contributed by atoms with van der Waals surface area (Å²) in [6.07, 6.45) is 0. The molecule has 60 heavy (non-hydrogen) atoms. The maximum atomic E-state index is 5.06. The van der Waals surface area contributed by atoms with E-state index in [2.05, 4.69) is 179 Å². The Morgan fingerprint density at radius 2 is 0.617 bits per heavy atom. The van der Waals surface area contributed by atoms with E-state index in [4.69, 9.17) is 15.0 Å². The van der Waals surface area contributed by atoms with Crippen molar-refractivity contribution in [3.63, 3.8) is 0 Å². The molecule has 0 bridgehead atoms. The van der Waals surface area contributed by atoms with Gasteiger partial charge in [0.2, 0.25) is 0 Å². The number of nitrogens with zero attached hydrogens (tertiary/aromatic N) is 3. The fraction of sp³-hybridized carbons (Fsp3) is 0.105. The van der Waals surface area contributed by atoms with Gasteiger partial charge in [-0.3, -0.25) is 0 Å². The summed E-state index contributed by atoms with van der Waals surface area (Å²) in [4.78, 5) is 15.1. The summed E-state index contributed by atoms with van der Waals surface area (Å²) in [5, 5.41) is 0. The highest BCUT2D eigenvalue weighted by Crippen LogP contribution is 2.56. The summed E-state index contributed by atoms with van der Waals surface area (Å²) >= 11 is 0. The summed E-state index contributed by atoms with van der Waals surface area (Å²) < 4.78 is 0. The lowest BCUT2D eigenvalue weighted by molar-refractivity contribution is 0.652. The Hall–Kier alpha value is -7.23. The number of hydrogen-bond acceptors (Lipinski definition) is 3. The molecule has 2 aliphatic carbocycles. The topological polar surface area (TPSA) is 38.7 Å². The van der Waals surface area contributed by atoms with Gasteiger partial charge in [-0.25, -0.2) is 15.0 Å². The van der Waals surface area contributed by atoms with Crippen molar-refractivity contribution < 1.29 is 0 Å². The van der Waals surface area contributed by atoms with E-state index in [0.29, 0.717) is 17.5 Å². The van der Waals surface area contributed by atoms with Gasteiger partial charge >= 0.3 is 0 Å². The molecule has 1 aromatic heterocycles. The van der Waals surface area contributed by atoms with Crippen molar-refractivity contribution in [2.45, 2.75) is 38.5 Å². The first-order valence-corrected chi connectivity index (χ1v) is 20.8. The lowest BCUT2D eigenvalue weighted by atomic mass is 9.79. The molecule has 11 rings (SSSR count). The summed E-state index contributed by atoms with van der Waals surface area (Å²) in [6, 6.07) is 67.5. The summed E-state index contributed by atoms with van der Waals surface area (Å²) in [6.45, 7) is 9.49. The average molecular weight is 770 g/mol. The Kier molecular flexibility index (Phi) is 8.18. The van der Waals surface area contributed by atoms with Gasteiger partial charge in [-0.1, -0.05) is 191 Å². The Morgan fingerprint density at radius 1 is 0.250 bits per heavy atom. The Balaban J connectivity index is 0.920. The van der Waals surface area contributed by atoms with E-state index in [1.54, 1.807) is 0 Å². The van der Waals surface area contributed by atoms with E-state index >= 15 is 0 Å². The maximum Gasteiger partial charge on any atom is 0.164 e. The van der Waals surface area contributed by atoms with Gasteiger partial charge in [0.05, 0.1) is 0 Å². The van der Waals surface area contributed by atoms with Crippen LogP contribution in [0.4, 0.5) is 0 Å². The van der Waals surface area contributed by atoms with Crippen LogP contribution in [0.2, 0.25) is 0 Å². The SMILES string of the molecule is CC1(C)c2ccccc2-c2cc3c(cc21)-c1cc(-c2ccc(-c4cccc(-c5nc(-c6ccccc6)nc(-c6ccc(-c7ccccc7)cc6)n5)c4)cc2)ccc1C3(C)C. The molecule has 286 valence electrons. The number of aromatic nitrogens is 3. The molecule has 3 nitrogen and oxygen atoms in total. The van der Waals surface area contributed by atoms with Gasteiger partial charge in [-0.2, -0.15) is 0 Å². The smallest absolute Gasteiger partial charge is 0.164 e. The van der Waals surface area contributed by atoms with E-state index < -0.39 is 0 Å². The molecule has 0 N–H and O–H groups in total. The van der Waals surface area contributed by atoms with E-state index in [0.717, 1.165) is 33.4 Å². The minimum atomic E-state index is -0.0804. The fourth-order valence-electron chi connectivity index (χ4n) is 9.61. The van der Waals surface area contributed by atoms with Gasteiger partial charge in [-0.05, 0) is 102 Å². The average Bonchev–Trinajstić information content (AvgIpc) is 3.67. The van der Waals surface area contributed by atoms with Crippen molar-refractivity contribution >= 4 is 0 Å². The molecule has 8 aromatic carbocycles.